The number of fused-ring (bicyclic) bond motifs is 1. The lowest BCUT2D eigenvalue weighted by Gasteiger charge is -2.29. The average molecular weight is 414 g/mol. The molecular formula is C21H19FN2O4S. The maximum absolute atomic E-state index is 14.9. The molecule has 150 valence electrons. The highest BCUT2D eigenvalue weighted by Gasteiger charge is 2.21. The molecule has 3 aromatic rings. The number of hydrogen-bond donors (Lipinski definition) is 1. The maximum Gasteiger partial charge on any atom is 0.341 e. The zero-order valence-electron chi connectivity index (χ0n) is 15.7. The number of nitrogens with zero attached hydrogens (tertiary/aromatic N) is 2. The number of hydrogen-bond acceptors (Lipinski definition) is 5. The summed E-state index contributed by atoms with van der Waals surface area (Å²) in [7, 11) is 1.55. The van der Waals surface area contributed by atoms with E-state index >= 15 is 0 Å². The van der Waals surface area contributed by atoms with Crippen LogP contribution in [-0.2, 0) is 0 Å². The molecule has 1 aliphatic rings. The van der Waals surface area contributed by atoms with Gasteiger partial charge in [0.25, 0.3) is 0 Å². The van der Waals surface area contributed by atoms with Crippen LogP contribution in [0.5, 0.6) is 5.75 Å². The number of methoxy groups -OCH3 is 1. The Morgan fingerprint density at radius 2 is 1.86 bits per heavy atom. The Hall–Kier alpha value is -3.00. The largest absolute Gasteiger partial charge is 0.497 e. The minimum absolute atomic E-state index is 0.0355. The summed E-state index contributed by atoms with van der Waals surface area (Å²) in [5.74, 6) is 0.582. The van der Waals surface area contributed by atoms with Crippen LogP contribution in [0.1, 0.15) is 10.4 Å². The highest BCUT2D eigenvalue weighted by Crippen LogP contribution is 2.29. The van der Waals surface area contributed by atoms with E-state index in [-0.39, 0.29) is 5.39 Å². The fraction of sp³-hybridized carbons (Fsp3) is 0.238. The second kappa shape index (κ2) is 7.79. The quantitative estimate of drug-likeness (QED) is 0.706. The number of pyridine rings is 1. The molecule has 0 bridgehead atoms. The van der Waals surface area contributed by atoms with Gasteiger partial charge < -0.3 is 19.3 Å². The van der Waals surface area contributed by atoms with Gasteiger partial charge in [0, 0.05) is 41.9 Å². The average Bonchev–Trinajstić information content (AvgIpc) is 2.74. The van der Waals surface area contributed by atoms with Crippen molar-refractivity contribution in [3.8, 4) is 11.4 Å². The van der Waals surface area contributed by atoms with Crippen LogP contribution < -0.4 is 15.1 Å². The number of aromatic nitrogens is 1. The van der Waals surface area contributed by atoms with E-state index in [4.69, 9.17) is 4.74 Å². The molecule has 0 spiro atoms. The smallest absolute Gasteiger partial charge is 0.341 e. The number of thioether (sulfide) groups is 1. The summed E-state index contributed by atoms with van der Waals surface area (Å²) in [6.45, 7) is 1.43. The van der Waals surface area contributed by atoms with Crippen LogP contribution >= 0.6 is 11.8 Å². The topological polar surface area (TPSA) is 71.8 Å². The molecule has 4 rings (SSSR count). The third-order valence-electron chi connectivity index (χ3n) is 5.00. The van der Waals surface area contributed by atoms with E-state index in [0.717, 1.165) is 17.6 Å². The number of aromatic carboxylic acids is 1. The third-order valence-corrected chi connectivity index (χ3v) is 5.95. The molecule has 8 heteroatoms. The molecule has 1 aromatic heterocycles. The van der Waals surface area contributed by atoms with Gasteiger partial charge in [0.05, 0.1) is 18.3 Å². The van der Waals surface area contributed by atoms with Crippen LogP contribution in [0.15, 0.2) is 47.4 Å². The highest BCUT2D eigenvalue weighted by molar-refractivity contribution is 7.99. The Morgan fingerprint density at radius 3 is 2.48 bits per heavy atom. The number of halogens is 1. The molecular weight excluding hydrogens is 395 g/mol. The summed E-state index contributed by atoms with van der Waals surface area (Å²) in [4.78, 5) is 26.3. The first kappa shape index (κ1) is 19.3. The molecule has 2 aromatic carbocycles. The summed E-state index contributed by atoms with van der Waals surface area (Å²) < 4.78 is 21.7. The summed E-state index contributed by atoms with van der Waals surface area (Å²) in [5.41, 5.74) is 0.416. The lowest BCUT2D eigenvalue weighted by atomic mass is 10.1. The normalized spacial score (nSPS) is 14.2. The van der Waals surface area contributed by atoms with Crippen LogP contribution in [0.4, 0.5) is 10.1 Å². The monoisotopic (exact) mass is 414 g/mol. The van der Waals surface area contributed by atoms with Crippen molar-refractivity contribution < 1.29 is 19.0 Å². The Balaban J connectivity index is 1.99. The molecule has 1 saturated heterocycles. The van der Waals surface area contributed by atoms with Crippen molar-refractivity contribution in [3.05, 3.63) is 64.2 Å². The fourth-order valence-corrected chi connectivity index (χ4v) is 4.39. The van der Waals surface area contributed by atoms with E-state index in [1.807, 2.05) is 16.7 Å². The maximum atomic E-state index is 14.9. The van der Waals surface area contributed by atoms with Gasteiger partial charge in [-0.15, -0.1) is 0 Å². The van der Waals surface area contributed by atoms with Crippen LogP contribution in [0, 0.1) is 5.82 Å². The SMILES string of the molecule is COc1ccc(-n2cc(C(=O)O)c(=O)c3cc(F)c(N4CCSCC4)cc32)cc1. The van der Waals surface area contributed by atoms with E-state index < -0.39 is 22.8 Å². The molecule has 0 atom stereocenters. The van der Waals surface area contributed by atoms with Gasteiger partial charge in [0.2, 0.25) is 5.43 Å². The minimum Gasteiger partial charge on any atom is -0.497 e. The lowest BCUT2D eigenvalue weighted by Crippen LogP contribution is -2.33. The van der Waals surface area contributed by atoms with Gasteiger partial charge in [-0.3, -0.25) is 4.79 Å². The minimum atomic E-state index is -1.35. The number of carboxylic acids is 1. The Morgan fingerprint density at radius 1 is 1.17 bits per heavy atom. The van der Waals surface area contributed by atoms with Gasteiger partial charge in [-0.25, -0.2) is 9.18 Å². The number of carboxylic acid groups (broad SMARTS) is 1. The van der Waals surface area contributed by atoms with Crippen LogP contribution in [0.2, 0.25) is 0 Å². The zero-order valence-corrected chi connectivity index (χ0v) is 16.5. The molecule has 2 heterocycles. The number of benzene rings is 2. The molecule has 1 fully saturated rings. The molecule has 6 nitrogen and oxygen atoms in total. The second-order valence-electron chi connectivity index (χ2n) is 6.67. The summed E-state index contributed by atoms with van der Waals surface area (Å²) in [5, 5.41) is 9.50. The zero-order chi connectivity index (χ0) is 20.5. The molecule has 0 saturated carbocycles. The Bertz CT molecular complexity index is 1140. The van der Waals surface area contributed by atoms with E-state index in [2.05, 4.69) is 0 Å². The molecule has 0 aliphatic carbocycles. The van der Waals surface area contributed by atoms with Gasteiger partial charge in [0.1, 0.15) is 17.1 Å². The number of rotatable bonds is 4. The summed E-state index contributed by atoms with van der Waals surface area (Å²) in [6, 6.07) is 9.79. The number of ether oxygens (including phenoxy) is 1. The van der Waals surface area contributed by atoms with Gasteiger partial charge in [0.15, 0.2) is 0 Å². The van der Waals surface area contributed by atoms with Crippen molar-refractivity contribution in [1.29, 1.82) is 0 Å². The van der Waals surface area contributed by atoms with E-state index in [1.54, 1.807) is 42.0 Å². The first-order valence-electron chi connectivity index (χ1n) is 9.09. The predicted molar refractivity (Wildman–Crippen MR) is 113 cm³/mol. The van der Waals surface area contributed by atoms with Gasteiger partial charge >= 0.3 is 5.97 Å². The van der Waals surface area contributed by atoms with E-state index in [0.29, 0.717) is 35.7 Å². The Kier molecular flexibility index (Phi) is 5.19. The van der Waals surface area contributed by atoms with Crippen molar-refractivity contribution in [3.63, 3.8) is 0 Å². The van der Waals surface area contributed by atoms with Crippen molar-refractivity contribution in [2.24, 2.45) is 0 Å². The predicted octanol–water partition coefficient (Wildman–Crippen LogP) is 3.39. The van der Waals surface area contributed by atoms with Gasteiger partial charge in [-0.1, -0.05) is 0 Å². The van der Waals surface area contributed by atoms with Crippen LogP contribution in [0.3, 0.4) is 0 Å². The van der Waals surface area contributed by atoms with Crippen LogP contribution in [0.25, 0.3) is 16.6 Å². The second-order valence-corrected chi connectivity index (χ2v) is 7.89. The fourth-order valence-electron chi connectivity index (χ4n) is 3.49. The third kappa shape index (κ3) is 3.55. The van der Waals surface area contributed by atoms with Gasteiger partial charge in [-0.05, 0) is 36.4 Å². The molecule has 29 heavy (non-hydrogen) atoms. The van der Waals surface area contributed by atoms with Gasteiger partial charge in [-0.2, -0.15) is 11.8 Å². The van der Waals surface area contributed by atoms with Crippen molar-refractivity contribution >= 4 is 34.3 Å². The molecule has 0 unspecified atom stereocenters. The van der Waals surface area contributed by atoms with Crippen molar-refractivity contribution in [2.75, 3.05) is 36.6 Å². The first-order chi connectivity index (χ1) is 14.0. The van der Waals surface area contributed by atoms with Crippen molar-refractivity contribution in [2.45, 2.75) is 0 Å². The first-order valence-corrected chi connectivity index (χ1v) is 10.2. The van der Waals surface area contributed by atoms with E-state index in [9.17, 15) is 19.1 Å². The van der Waals surface area contributed by atoms with Crippen molar-refractivity contribution in [1.82, 2.24) is 4.57 Å². The number of carbonyl (C=O) groups is 1. The Labute approximate surface area is 170 Å². The summed E-state index contributed by atoms with van der Waals surface area (Å²) >= 11 is 1.82. The van der Waals surface area contributed by atoms with E-state index in [1.165, 1.54) is 6.20 Å². The highest BCUT2D eigenvalue weighted by atomic mass is 32.2. The molecule has 1 N–H and O–H groups in total. The summed E-state index contributed by atoms with van der Waals surface area (Å²) in [6.07, 6.45) is 1.29. The molecule has 0 amide bonds. The molecule has 1 aliphatic heterocycles. The number of anilines is 1. The standard InChI is InChI=1S/C21H19FN2O4S/c1-28-14-4-2-13(3-5-14)24-12-16(21(26)27)20(25)15-10-17(22)19(11-18(15)24)23-6-8-29-9-7-23/h2-5,10-12H,6-9H2,1H3,(H,26,27). The van der Waals surface area contributed by atoms with Crippen LogP contribution in [-0.4, -0.2) is 47.3 Å². The molecule has 0 radical (unpaired) electrons. The lowest BCUT2D eigenvalue weighted by molar-refractivity contribution is 0.0695.